The number of aliphatic carboxylic acids is 1. The molecule has 2 saturated heterocycles. The number of carbonyl (C=O) groups excluding carboxylic acids is 11. The molecule has 1 unspecified atom stereocenters. The Morgan fingerprint density at radius 2 is 1.12 bits per heavy atom. The Morgan fingerprint density at radius 1 is 0.591 bits per heavy atom. The van der Waals surface area contributed by atoms with Gasteiger partial charge in [-0.2, -0.15) is 0 Å². The largest absolute Gasteiger partial charge is 0.480 e. The molecule has 0 spiro atoms. The summed E-state index contributed by atoms with van der Waals surface area (Å²) >= 11 is 0. The molecule has 14 N–H and O–H groups in total. The maximum Gasteiger partial charge on any atom is 0.326 e. The highest BCUT2D eigenvalue weighted by atomic mass is 16.4. The molecule has 25 heteroatoms. The van der Waals surface area contributed by atoms with Gasteiger partial charge in [-0.25, -0.2) is 4.79 Å². The Balaban J connectivity index is 1.98. The van der Waals surface area contributed by atoms with E-state index < -0.39 is 127 Å². The number of nitrogens with one attached hydrogen (secondary N) is 9. The van der Waals surface area contributed by atoms with Crippen LogP contribution in [-0.4, -0.2) is 156 Å². The van der Waals surface area contributed by atoms with E-state index in [1.807, 2.05) is 0 Å². The molecule has 370 valence electrons. The lowest BCUT2D eigenvalue weighted by atomic mass is 10.0. The van der Waals surface area contributed by atoms with E-state index >= 15 is 0 Å². The second kappa shape index (κ2) is 27.8. The smallest absolute Gasteiger partial charge is 0.326 e. The maximum absolute atomic E-state index is 13.4. The molecular weight excluding hydrogens is 869 g/mol. The van der Waals surface area contributed by atoms with Crippen LogP contribution in [0, 0.1) is 11.8 Å². The van der Waals surface area contributed by atoms with Gasteiger partial charge in [0.05, 0.1) is 25.7 Å². The molecule has 0 aliphatic carbocycles. The molecular formula is C41H68N12O13. The van der Waals surface area contributed by atoms with E-state index in [0.717, 1.165) is 6.42 Å². The molecule has 11 amide bonds. The van der Waals surface area contributed by atoms with Crippen LogP contribution in [-0.2, 0) is 57.5 Å². The van der Waals surface area contributed by atoms with Gasteiger partial charge in [-0.1, -0.05) is 27.7 Å². The van der Waals surface area contributed by atoms with Crippen molar-refractivity contribution in [3.05, 3.63) is 0 Å². The summed E-state index contributed by atoms with van der Waals surface area (Å²) in [6, 6.07) is -7.77. The molecule has 0 bridgehead atoms. The monoisotopic (exact) mass is 937 g/mol. The van der Waals surface area contributed by atoms with Gasteiger partial charge in [0.1, 0.15) is 36.3 Å². The minimum Gasteiger partial charge on any atom is -0.480 e. The summed E-state index contributed by atoms with van der Waals surface area (Å²) in [6.07, 6.45) is 1.27. The number of primary amides is 2. The van der Waals surface area contributed by atoms with Gasteiger partial charge in [-0.3, -0.25) is 52.7 Å². The third kappa shape index (κ3) is 20.2. The number of carboxylic acid groups (broad SMARTS) is 1. The van der Waals surface area contributed by atoms with Crippen LogP contribution in [0.4, 0.5) is 0 Å². The quantitative estimate of drug-likeness (QED) is 0.0351. The molecule has 2 aliphatic rings. The third-order valence-electron chi connectivity index (χ3n) is 10.6. The van der Waals surface area contributed by atoms with E-state index in [4.69, 9.17) is 11.5 Å². The van der Waals surface area contributed by atoms with Crippen LogP contribution in [0.25, 0.3) is 0 Å². The lowest BCUT2D eigenvalue weighted by Crippen LogP contribution is -2.57. The number of hydrogen-bond donors (Lipinski definition) is 12. The molecule has 2 heterocycles. The van der Waals surface area contributed by atoms with Crippen LogP contribution >= 0.6 is 0 Å². The number of nitrogens with two attached hydrogens (primary N) is 2. The molecule has 0 aromatic carbocycles. The zero-order chi connectivity index (χ0) is 49.7. The van der Waals surface area contributed by atoms with Crippen LogP contribution in [0.15, 0.2) is 0 Å². The Labute approximate surface area is 382 Å². The molecule has 66 heavy (non-hydrogen) atoms. The molecule has 0 saturated carbocycles. The fourth-order valence-electron chi connectivity index (χ4n) is 7.16. The van der Waals surface area contributed by atoms with Crippen molar-refractivity contribution in [1.29, 1.82) is 0 Å². The van der Waals surface area contributed by atoms with Crippen molar-refractivity contribution >= 4 is 70.9 Å². The molecule has 2 rings (SSSR count). The average Bonchev–Trinajstić information content (AvgIpc) is 3.97. The van der Waals surface area contributed by atoms with Gasteiger partial charge in [0.2, 0.25) is 65.0 Å². The van der Waals surface area contributed by atoms with Gasteiger partial charge in [0, 0.05) is 19.4 Å². The first kappa shape index (κ1) is 55.7. The van der Waals surface area contributed by atoms with E-state index in [2.05, 4.69) is 47.9 Å². The predicted octanol–water partition coefficient (Wildman–Crippen LogP) is -4.77. The van der Waals surface area contributed by atoms with Crippen LogP contribution in [0.2, 0.25) is 0 Å². The van der Waals surface area contributed by atoms with Gasteiger partial charge in [0.25, 0.3) is 0 Å². The minimum atomic E-state index is -1.41. The second-order valence-electron chi connectivity index (χ2n) is 17.2. The predicted molar refractivity (Wildman–Crippen MR) is 234 cm³/mol. The van der Waals surface area contributed by atoms with Crippen molar-refractivity contribution in [2.24, 2.45) is 23.3 Å². The molecule has 0 aromatic heterocycles. The highest BCUT2D eigenvalue weighted by Gasteiger charge is 2.36. The first-order valence-electron chi connectivity index (χ1n) is 22.1. The summed E-state index contributed by atoms with van der Waals surface area (Å²) in [7, 11) is 0. The fourth-order valence-corrected chi connectivity index (χ4v) is 7.16. The number of amides is 11. The van der Waals surface area contributed by atoms with Gasteiger partial charge in [-0.05, 0) is 76.7 Å². The Morgan fingerprint density at radius 3 is 1.67 bits per heavy atom. The van der Waals surface area contributed by atoms with Crippen LogP contribution in [0.3, 0.4) is 0 Å². The molecule has 7 atom stereocenters. The number of hydrogen-bond acceptors (Lipinski definition) is 13. The van der Waals surface area contributed by atoms with Crippen LogP contribution in [0.5, 0.6) is 0 Å². The summed E-state index contributed by atoms with van der Waals surface area (Å²) < 4.78 is 0. The SMILES string of the molecule is CC(C)C[C@H](NC(=O)CNC(=O)[C@H](CC(C)C)NC(=O)[C@H](CCC(N)=O)NC(=O)CNC(=O)[C@@H]1CCCN1)C(=O)NC(C)C(=O)NCC(=O)N1CCC[C@H]1C(=O)N[C@@H](CCC(N)=O)C(=O)O. The zero-order valence-electron chi connectivity index (χ0n) is 38.3. The topological polar surface area (TPSA) is 389 Å². The maximum atomic E-state index is 13.4. The molecule has 25 nitrogen and oxygen atoms in total. The van der Waals surface area contributed by atoms with Crippen molar-refractivity contribution in [3.8, 4) is 0 Å². The second-order valence-corrected chi connectivity index (χ2v) is 17.2. The number of nitrogens with zero attached hydrogens (tertiary/aromatic N) is 1. The van der Waals surface area contributed by atoms with Gasteiger partial charge < -0.3 is 69.3 Å². The van der Waals surface area contributed by atoms with Crippen molar-refractivity contribution in [3.63, 3.8) is 0 Å². The lowest BCUT2D eigenvalue weighted by Gasteiger charge is -2.26. The number of carboxylic acids is 1. The van der Waals surface area contributed by atoms with Crippen LogP contribution in [0.1, 0.15) is 98.8 Å². The third-order valence-corrected chi connectivity index (χ3v) is 10.6. The summed E-state index contributed by atoms with van der Waals surface area (Å²) in [5, 5.41) is 32.2. The van der Waals surface area contributed by atoms with Crippen molar-refractivity contribution in [1.82, 2.24) is 52.8 Å². The number of carbonyl (C=O) groups is 12. The minimum absolute atomic E-state index is 0.102. The summed E-state index contributed by atoms with van der Waals surface area (Å²) in [6.45, 7) is 7.67. The average molecular weight is 937 g/mol. The standard InChI is InChI=1S/C41H68N12O13/c1-21(2)16-27(52-38(62)25(10-12-30(42)54)49-32(56)18-45-36(60)24-8-6-14-44-24)37(61)46-19-33(57)50-28(17-22(3)4)39(63)48-23(5)35(59)47-20-34(58)53-15-7-9-29(53)40(64)51-26(41(65)66)11-13-31(43)55/h21-29,44H,6-20H2,1-5H3,(H2,42,54)(H2,43,55)(H,45,60)(H,46,61)(H,47,59)(H,48,63)(H,49,56)(H,50,57)(H,51,64)(H,52,62)(H,65,66)/t23?,24-,25-,26-,27-,28-,29-/m0/s1. The summed E-state index contributed by atoms with van der Waals surface area (Å²) in [5.74, 6) is -9.52. The molecule has 0 aromatic rings. The Hall–Kier alpha value is -6.40. The Bertz CT molecular complexity index is 1790. The van der Waals surface area contributed by atoms with E-state index in [0.29, 0.717) is 19.4 Å². The zero-order valence-corrected chi connectivity index (χ0v) is 38.3. The summed E-state index contributed by atoms with van der Waals surface area (Å²) in [5.41, 5.74) is 10.4. The first-order valence-corrected chi connectivity index (χ1v) is 22.1. The van der Waals surface area contributed by atoms with Gasteiger partial charge in [-0.15, -0.1) is 0 Å². The molecule has 0 radical (unpaired) electrons. The highest BCUT2D eigenvalue weighted by Crippen LogP contribution is 2.18. The van der Waals surface area contributed by atoms with Crippen molar-refractivity contribution < 1.29 is 62.6 Å². The molecule has 2 aliphatic heterocycles. The van der Waals surface area contributed by atoms with Crippen LogP contribution < -0.4 is 59.3 Å². The number of rotatable bonds is 28. The Kier molecular flexibility index (Phi) is 23.5. The normalized spacial score (nSPS) is 17.8. The first-order chi connectivity index (χ1) is 31.0. The van der Waals surface area contributed by atoms with Crippen molar-refractivity contribution in [2.45, 2.75) is 141 Å². The van der Waals surface area contributed by atoms with Gasteiger partial charge in [0.15, 0.2) is 0 Å². The van der Waals surface area contributed by atoms with Gasteiger partial charge >= 0.3 is 5.97 Å². The van der Waals surface area contributed by atoms with E-state index in [-0.39, 0.29) is 69.2 Å². The van der Waals surface area contributed by atoms with E-state index in [9.17, 15) is 62.6 Å². The fraction of sp³-hybridized carbons (Fsp3) is 0.707. The number of likely N-dealkylation sites (tertiary alicyclic amines) is 1. The van der Waals surface area contributed by atoms with E-state index in [1.165, 1.54) is 11.8 Å². The van der Waals surface area contributed by atoms with Crippen molar-refractivity contribution in [2.75, 3.05) is 32.7 Å². The molecule has 2 fully saturated rings. The van der Waals surface area contributed by atoms with E-state index in [1.54, 1.807) is 27.7 Å². The summed E-state index contributed by atoms with van der Waals surface area (Å²) in [4.78, 5) is 153. The lowest BCUT2D eigenvalue weighted by molar-refractivity contribution is -0.144. The highest BCUT2D eigenvalue weighted by molar-refractivity contribution is 5.97.